The lowest BCUT2D eigenvalue weighted by Crippen LogP contribution is -2.36. The fourth-order valence-corrected chi connectivity index (χ4v) is 4.58. The minimum Gasteiger partial charge on any atom is -0.465 e. The van der Waals surface area contributed by atoms with Crippen molar-refractivity contribution >= 4 is 34.3 Å². The second-order valence-corrected chi connectivity index (χ2v) is 7.81. The molecule has 0 fully saturated rings. The van der Waals surface area contributed by atoms with E-state index in [1.54, 1.807) is 16.5 Å². The molecule has 0 saturated carbocycles. The van der Waals surface area contributed by atoms with Gasteiger partial charge in [0.15, 0.2) is 0 Å². The van der Waals surface area contributed by atoms with Crippen molar-refractivity contribution in [2.24, 2.45) is 0 Å². The van der Waals surface area contributed by atoms with Crippen LogP contribution in [-0.4, -0.2) is 52.9 Å². The van der Waals surface area contributed by atoms with Gasteiger partial charge in [-0.15, -0.1) is 11.3 Å². The molecule has 0 bridgehead atoms. The standard InChI is InChI=1S/C19H24N4O5S/c1-5-28-19(26)22-7-6-13-14(9-22)29-17(16(13)18(25)27-4)20-15(24)10-23-12(3)8-11(2)21-23/h8H,5-7,9-10H2,1-4H3,(H,20,24). The maximum Gasteiger partial charge on any atom is 0.410 e. The Kier molecular flexibility index (Phi) is 6.21. The summed E-state index contributed by atoms with van der Waals surface area (Å²) < 4.78 is 11.6. The zero-order valence-electron chi connectivity index (χ0n) is 16.9. The SMILES string of the molecule is CCOC(=O)N1CCc2c(sc(NC(=O)Cn3nc(C)cc3C)c2C(=O)OC)C1. The van der Waals surface area contributed by atoms with Gasteiger partial charge in [0, 0.05) is 17.1 Å². The summed E-state index contributed by atoms with van der Waals surface area (Å²) in [7, 11) is 1.31. The van der Waals surface area contributed by atoms with Crippen molar-refractivity contribution in [2.75, 3.05) is 25.6 Å². The maximum absolute atomic E-state index is 12.6. The van der Waals surface area contributed by atoms with Gasteiger partial charge in [-0.05, 0) is 38.8 Å². The lowest BCUT2D eigenvalue weighted by Gasteiger charge is -2.26. The third kappa shape index (κ3) is 4.42. The minimum absolute atomic E-state index is 0.0395. The van der Waals surface area contributed by atoms with Crippen LogP contribution >= 0.6 is 11.3 Å². The van der Waals surface area contributed by atoms with Crippen LogP contribution in [-0.2, 0) is 33.8 Å². The molecule has 9 nitrogen and oxygen atoms in total. The van der Waals surface area contributed by atoms with Crippen LogP contribution in [0.25, 0.3) is 0 Å². The zero-order valence-corrected chi connectivity index (χ0v) is 17.7. The predicted octanol–water partition coefficient (Wildman–Crippen LogP) is 2.50. The smallest absolute Gasteiger partial charge is 0.410 e. The summed E-state index contributed by atoms with van der Waals surface area (Å²) in [6, 6.07) is 1.89. The number of anilines is 1. The zero-order chi connectivity index (χ0) is 21.1. The fourth-order valence-electron chi connectivity index (χ4n) is 3.32. The number of nitrogens with zero attached hydrogens (tertiary/aromatic N) is 3. The monoisotopic (exact) mass is 420 g/mol. The number of hydrogen-bond donors (Lipinski definition) is 1. The van der Waals surface area contributed by atoms with E-state index in [2.05, 4.69) is 10.4 Å². The number of nitrogens with one attached hydrogen (secondary N) is 1. The first-order valence-corrected chi connectivity index (χ1v) is 10.1. The lowest BCUT2D eigenvalue weighted by atomic mass is 10.0. The molecule has 1 aliphatic heterocycles. The number of fused-ring (bicyclic) bond motifs is 1. The van der Waals surface area contributed by atoms with Crippen LogP contribution < -0.4 is 5.32 Å². The molecule has 156 valence electrons. The molecule has 0 aliphatic carbocycles. The van der Waals surface area contributed by atoms with E-state index in [0.29, 0.717) is 36.7 Å². The van der Waals surface area contributed by atoms with Gasteiger partial charge >= 0.3 is 12.1 Å². The van der Waals surface area contributed by atoms with Crippen molar-refractivity contribution in [3.63, 3.8) is 0 Å². The van der Waals surface area contributed by atoms with Gasteiger partial charge in [-0.1, -0.05) is 0 Å². The molecule has 3 heterocycles. The Bertz CT molecular complexity index is 949. The van der Waals surface area contributed by atoms with E-state index in [4.69, 9.17) is 9.47 Å². The number of aryl methyl sites for hydroxylation is 2. The van der Waals surface area contributed by atoms with Gasteiger partial charge < -0.3 is 19.7 Å². The van der Waals surface area contributed by atoms with E-state index in [1.165, 1.54) is 18.4 Å². The van der Waals surface area contributed by atoms with Crippen molar-refractivity contribution < 1.29 is 23.9 Å². The number of amides is 2. The molecular formula is C19H24N4O5S. The number of carbonyl (C=O) groups is 3. The number of methoxy groups -OCH3 is 1. The number of thiophene rings is 1. The summed E-state index contributed by atoms with van der Waals surface area (Å²) in [6.07, 6.45) is 0.101. The highest BCUT2D eigenvalue weighted by molar-refractivity contribution is 7.17. The number of rotatable bonds is 5. The molecule has 0 radical (unpaired) electrons. The summed E-state index contributed by atoms with van der Waals surface area (Å²) >= 11 is 1.28. The Hall–Kier alpha value is -2.88. The van der Waals surface area contributed by atoms with Crippen molar-refractivity contribution in [1.82, 2.24) is 14.7 Å². The number of aromatic nitrogens is 2. The third-order valence-corrected chi connectivity index (χ3v) is 5.75. The second-order valence-electron chi connectivity index (χ2n) is 6.70. The largest absolute Gasteiger partial charge is 0.465 e. The molecule has 2 aromatic heterocycles. The molecule has 29 heavy (non-hydrogen) atoms. The lowest BCUT2D eigenvalue weighted by molar-refractivity contribution is -0.116. The molecule has 0 unspecified atom stereocenters. The van der Waals surface area contributed by atoms with Gasteiger partial charge in [0.05, 0.1) is 31.5 Å². The molecule has 1 aliphatic rings. The number of esters is 1. The van der Waals surface area contributed by atoms with Gasteiger partial charge in [0.25, 0.3) is 0 Å². The van der Waals surface area contributed by atoms with Gasteiger partial charge in [0.1, 0.15) is 11.5 Å². The van der Waals surface area contributed by atoms with Crippen LogP contribution in [0.3, 0.4) is 0 Å². The number of hydrogen-bond acceptors (Lipinski definition) is 7. The average Bonchev–Trinajstić information content (AvgIpc) is 3.18. The van der Waals surface area contributed by atoms with E-state index < -0.39 is 5.97 Å². The van der Waals surface area contributed by atoms with Gasteiger partial charge in [-0.3, -0.25) is 9.48 Å². The van der Waals surface area contributed by atoms with Crippen LogP contribution in [0.2, 0.25) is 0 Å². The molecule has 2 aromatic rings. The Morgan fingerprint density at radius 1 is 1.31 bits per heavy atom. The molecule has 10 heteroatoms. The molecule has 2 amide bonds. The van der Waals surface area contributed by atoms with Gasteiger partial charge in [-0.2, -0.15) is 5.10 Å². The highest BCUT2D eigenvalue weighted by Gasteiger charge is 2.31. The van der Waals surface area contributed by atoms with Crippen molar-refractivity contribution in [3.05, 3.63) is 33.5 Å². The predicted molar refractivity (Wildman–Crippen MR) is 107 cm³/mol. The van der Waals surface area contributed by atoms with Gasteiger partial charge in [-0.25, -0.2) is 9.59 Å². The minimum atomic E-state index is -0.506. The molecule has 0 spiro atoms. The number of carbonyl (C=O) groups excluding carboxylic acids is 3. The van der Waals surface area contributed by atoms with Crippen molar-refractivity contribution in [3.8, 4) is 0 Å². The fraction of sp³-hybridized carbons (Fsp3) is 0.474. The molecular weight excluding hydrogens is 396 g/mol. The number of ether oxygens (including phenoxy) is 2. The Labute approximate surface area is 172 Å². The van der Waals surface area contributed by atoms with Crippen LogP contribution in [0.4, 0.5) is 9.80 Å². The topological polar surface area (TPSA) is 103 Å². The summed E-state index contributed by atoms with van der Waals surface area (Å²) in [6.45, 7) is 6.60. The van der Waals surface area contributed by atoms with E-state index in [-0.39, 0.29) is 18.5 Å². The summed E-state index contributed by atoms with van der Waals surface area (Å²) in [5.41, 5.74) is 2.87. The first-order valence-electron chi connectivity index (χ1n) is 9.29. The van der Waals surface area contributed by atoms with E-state index in [0.717, 1.165) is 21.8 Å². The molecule has 0 atom stereocenters. The molecule has 0 aromatic carbocycles. The summed E-state index contributed by atoms with van der Waals surface area (Å²) in [5.74, 6) is -0.796. The molecule has 3 rings (SSSR count). The molecule has 0 saturated heterocycles. The Morgan fingerprint density at radius 2 is 2.07 bits per heavy atom. The van der Waals surface area contributed by atoms with Crippen LogP contribution in [0.15, 0.2) is 6.07 Å². The van der Waals surface area contributed by atoms with Crippen molar-refractivity contribution in [2.45, 2.75) is 40.3 Å². The average molecular weight is 420 g/mol. The van der Waals surface area contributed by atoms with E-state index >= 15 is 0 Å². The highest BCUT2D eigenvalue weighted by Crippen LogP contribution is 2.37. The van der Waals surface area contributed by atoms with Crippen molar-refractivity contribution in [1.29, 1.82) is 0 Å². The van der Waals surface area contributed by atoms with Gasteiger partial charge in [0.2, 0.25) is 5.91 Å². The second kappa shape index (κ2) is 8.64. The van der Waals surface area contributed by atoms with Crippen LogP contribution in [0.5, 0.6) is 0 Å². The summed E-state index contributed by atoms with van der Waals surface area (Å²) in [4.78, 5) is 39.4. The Balaban J connectivity index is 1.83. The summed E-state index contributed by atoms with van der Waals surface area (Å²) in [5, 5.41) is 7.54. The van der Waals surface area contributed by atoms with E-state index in [9.17, 15) is 14.4 Å². The third-order valence-electron chi connectivity index (χ3n) is 4.62. The van der Waals surface area contributed by atoms with Crippen LogP contribution in [0.1, 0.15) is 39.1 Å². The maximum atomic E-state index is 12.6. The van der Waals surface area contributed by atoms with Crippen LogP contribution in [0, 0.1) is 13.8 Å². The first kappa shape index (κ1) is 20.8. The normalized spacial score (nSPS) is 13.0. The highest BCUT2D eigenvalue weighted by atomic mass is 32.1. The van der Waals surface area contributed by atoms with E-state index in [1.807, 2.05) is 19.9 Å². The quantitative estimate of drug-likeness (QED) is 0.746. The molecule has 1 N–H and O–H groups in total. The Morgan fingerprint density at radius 3 is 2.69 bits per heavy atom. The first-order chi connectivity index (χ1) is 13.8.